The summed E-state index contributed by atoms with van der Waals surface area (Å²) < 4.78 is 1.84. The van der Waals surface area contributed by atoms with Crippen molar-refractivity contribution in [3.05, 3.63) is 75.7 Å². The van der Waals surface area contributed by atoms with Crippen LogP contribution in [0, 0.1) is 0 Å². The van der Waals surface area contributed by atoms with Gasteiger partial charge < -0.3 is 4.57 Å². The first-order valence-electron chi connectivity index (χ1n) is 6.72. The summed E-state index contributed by atoms with van der Waals surface area (Å²) in [5.41, 5.74) is 5.99. The Morgan fingerprint density at radius 1 is 0.957 bits per heavy atom. The average Bonchev–Trinajstić information content (AvgIpc) is 3.23. The van der Waals surface area contributed by atoms with Crippen molar-refractivity contribution >= 4 is 34.8 Å². The number of amides is 2. The van der Waals surface area contributed by atoms with Crippen LogP contribution < -0.4 is 10.9 Å². The molecule has 0 aliphatic heterocycles. The van der Waals surface area contributed by atoms with Crippen molar-refractivity contribution in [1.29, 1.82) is 0 Å². The minimum Gasteiger partial charge on any atom is -0.322 e. The Morgan fingerprint density at radius 2 is 1.61 bits per heavy atom. The Morgan fingerprint density at radius 3 is 2.30 bits per heavy atom. The van der Waals surface area contributed by atoms with E-state index in [9.17, 15) is 9.59 Å². The maximum absolute atomic E-state index is 12.3. The lowest BCUT2D eigenvalue weighted by Gasteiger charge is -2.08. The molecule has 0 radical (unpaired) electrons. The molecule has 0 spiro atoms. The van der Waals surface area contributed by atoms with E-state index in [4.69, 9.17) is 11.6 Å². The van der Waals surface area contributed by atoms with Crippen LogP contribution in [0.4, 0.5) is 0 Å². The topological polar surface area (TPSA) is 63.1 Å². The summed E-state index contributed by atoms with van der Waals surface area (Å²) in [4.78, 5) is 24.7. The number of benzene rings is 1. The largest absolute Gasteiger partial charge is 0.322 e. The van der Waals surface area contributed by atoms with Crippen molar-refractivity contribution in [3.63, 3.8) is 0 Å². The first-order chi connectivity index (χ1) is 11.1. The number of aromatic nitrogens is 1. The fourth-order valence-electron chi connectivity index (χ4n) is 2.01. The molecule has 0 unspecified atom stereocenters. The molecule has 23 heavy (non-hydrogen) atoms. The van der Waals surface area contributed by atoms with Gasteiger partial charge in [0.25, 0.3) is 11.8 Å². The number of nitrogens with one attached hydrogen (secondary N) is 2. The van der Waals surface area contributed by atoms with Crippen LogP contribution >= 0.6 is 22.9 Å². The molecule has 3 rings (SSSR count). The Kier molecular flexibility index (Phi) is 4.45. The third-order valence-corrected chi connectivity index (χ3v) is 4.28. The summed E-state index contributed by atoms with van der Waals surface area (Å²) in [5.74, 6) is -0.778. The minimum absolute atomic E-state index is 0.369. The van der Waals surface area contributed by atoms with Crippen LogP contribution in [0.2, 0.25) is 5.02 Å². The van der Waals surface area contributed by atoms with Gasteiger partial charge in [-0.3, -0.25) is 20.4 Å². The molecule has 2 N–H and O–H groups in total. The van der Waals surface area contributed by atoms with E-state index in [-0.39, 0.29) is 5.91 Å². The predicted octanol–water partition coefficient (Wildman–Crippen LogP) is 3.27. The fraction of sp³-hybridized carbons (Fsp3) is 0. The van der Waals surface area contributed by atoms with Crippen LogP contribution in [0.1, 0.15) is 20.0 Å². The van der Waals surface area contributed by atoms with Crippen LogP contribution in [0.3, 0.4) is 0 Å². The number of hydrogen-bond acceptors (Lipinski definition) is 3. The van der Waals surface area contributed by atoms with Crippen LogP contribution in [0.25, 0.3) is 5.69 Å². The molecule has 3 aromatic rings. The lowest BCUT2D eigenvalue weighted by atomic mass is 10.2. The molecule has 2 aromatic heterocycles. The summed E-state index contributed by atoms with van der Waals surface area (Å²) >= 11 is 7.08. The molecule has 2 heterocycles. The van der Waals surface area contributed by atoms with E-state index in [1.165, 1.54) is 11.3 Å². The summed E-state index contributed by atoms with van der Waals surface area (Å²) in [6.07, 6.45) is 3.70. The fourth-order valence-corrected chi connectivity index (χ4v) is 2.93. The molecule has 0 fully saturated rings. The maximum Gasteiger partial charge on any atom is 0.281 e. The number of thiophene rings is 1. The number of hydrogen-bond donors (Lipinski definition) is 2. The smallest absolute Gasteiger partial charge is 0.281 e. The van der Waals surface area contributed by atoms with Crippen molar-refractivity contribution < 1.29 is 9.59 Å². The first kappa shape index (κ1) is 15.3. The monoisotopic (exact) mass is 345 g/mol. The van der Waals surface area contributed by atoms with E-state index < -0.39 is 5.91 Å². The van der Waals surface area contributed by atoms with E-state index in [1.807, 2.05) is 40.5 Å². The quantitative estimate of drug-likeness (QED) is 0.716. The van der Waals surface area contributed by atoms with Gasteiger partial charge in [0, 0.05) is 23.0 Å². The molecule has 116 valence electrons. The Balaban J connectivity index is 1.67. The van der Waals surface area contributed by atoms with Crippen molar-refractivity contribution in [3.8, 4) is 5.69 Å². The highest BCUT2D eigenvalue weighted by atomic mass is 35.5. The van der Waals surface area contributed by atoms with Crippen LogP contribution in [0.5, 0.6) is 0 Å². The Bertz CT molecular complexity index is 825. The molecule has 0 aliphatic carbocycles. The molecular formula is C16H12ClN3O2S. The standard InChI is InChI=1S/C16H12ClN3O2S/c17-12-5-3-11(4-6-12)15(21)18-19-16(22)14-13(7-10-23-14)20-8-1-2-9-20/h1-10H,(H,18,21)(H,19,22). The van der Waals surface area contributed by atoms with Gasteiger partial charge in [0.2, 0.25) is 0 Å². The van der Waals surface area contributed by atoms with Crippen molar-refractivity contribution in [2.75, 3.05) is 0 Å². The van der Waals surface area contributed by atoms with Gasteiger partial charge in [0.15, 0.2) is 0 Å². The van der Waals surface area contributed by atoms with Gasteiger partial charge in [-0.2, -0.15) is 0 Å². The molecule has 7 heteroatoms. The highest BCUT2D eigenvalue weighted by molar-refractivity contribution is 7.12. The van der Waals surface area contributed by atoms with E-state index >= 15 is 0 Å². The van der Waals surface area contributed by atoms with E-state index in [0.717, 1.165) is 5.69 Å². The average molecular weight is 346 g/mol. The lowest BCUT2D eigenvalue weighted by Crippen LogP contribution is -2.41. The third-order valence-electron chi connectivity index (χ3n) is 3.13. The van der Waals surface area contributed by atoms with Crippen LogP contribution in [0.15, 0.2) is 60.2 Å². The highest BCUT2D eigenvalue weighted by Crippen LogP contribution is 2.21. The summed E-state index contributed by atoms with van der Waals surface area (Å²) in [6, 6.07) is 12.0. The normalized spacial score (nSPS) is 10.3. The van der Waals surface area contributed by atoms with Gasteiger partial charge in [0.05, 0.1) is 5.69 Å². The predicted molar refractivity (Wildman–Crippen MR) is 90.0 cm³/mol. The van der Waals surface area contributed by atoms with Gasteiger partial charge in [-0.15, -0.1) is 11.3 Å². The second-order valence-corrected chi connectivity index (χ2v) is 5.99. The number of carbonyl (C=O) groups is 2. The van der Waals surface area contributed by atoms with E-state index in [0.29, 0.717) is 15.5 Å². The second-order valence-electron chi connectivity index (χ2n) is 4.64. The Labute approximate surface area is 141 Å². The zero-order valence-electron chi connectivity index (χ0n) is 11.8. The zero-order chi connectivity index (χ0) is 16.2. The number of rotatable bonds is 3. The summed E-state index contributed by atoms with van der Waals surface area (Å²) in [5, 5.41) is 2.37. The molecule has 2 amide bonds. The number of nitrogens with zero attached hydrogens (tertiary/aromatic N) is 1. The van der Waals surface area contributed by atoms with Crippen molar-refractivity contribution in [1.82, 2.24) is 15.4 Å². The van der Waals surface area contributed by atoms with Crippen LogP contribution in [-0.4, -0.2) is 16.4 Å². The van der Waals surface area contributed by atoms with Crippen molar-refractivity contribution in [2.24, 2.45) is 0 Å². The minimum atomic E-state index is -0.408. The van der Waals surface area contributed by atoms with E-state index in [1.54, 1.807) is 24.3 Å². The van der Waals surface area contributed by atoms with Crippen molar-refractivity contribution in [2.45, 2.75) is 0 Å². The number of hydrazine groups is 1. The molecule has 0 saturated carbocycles. The molecule has 5 nitrogen and oxygen atoms in total. The van der Waals surface area contributed by atoms with Gasteiger partial charge in [-0.25, -0.2) is 0 Å². The molecule has 1 aromatic carbocycles. The molecule has 0 atom stereocenters. The highest BCUT2D eigenvalue weighted by Gasteiger charge is 2.15. The molecular weight excluding hydrogens is 334 g/mol. The van der Waals surface area contributed by atoms with Crippen LogP contribution in [-0.2, 0) is 0 Å². The zero-order valence-corrected chi connectivity index (χ0v) is 13.4. The molecule has 0 saturated heterocycles. The lowest BCUT2D eigenvalue weighted by molar-refractivity contribution is 0.0849. The Hall–Kier alpha value is -2.57. The third kappa shape index (κ3) is 3.44. The number of carbonyl (C=O) groups excluding carboxylic acids is 2. The van der Waals surface area contributed by atoms with Gasteiger partial charge in [-0.05, 0) is 47.8 Å². The SMILES string of the molecule is O=C(NNC(=O)c1sccc1-n1cccc1)c1ccc(Cl)cc1. The molecule has 0 aliphatic rings. The molecule has 0 bridgehead atoms. The first-order valence-corrected chi connectivity index (χ1v) is 7.98. The maximum atomic E-state index is 12.3. The van der Waals surface area contributed by atoms with Gasteiger partial charge in [-0.1, -0.05) is 11.6 Å². The number of halogens is 1. The summed E-state index contributed by atoms with van der Waals surface area (Å²) in [6.45, 7) is 0. The van der Waals surface area contributed by atoms with Gasteiger partial charge in [0.1, 0.15) is 4.88 Å². The van der Waals surface area contributed by atoms with Gasteiger partial charge >= 0.3 is 0 Å². The van der Waals surface area contributed by atoms with E-state index in [2.05, 4.69) is 10.9 Å². The summed E-state index contributed by atoms with van der Waals surface area (Å²) in [7, 11) is 0. The second kappa shape index (κ2) is 6.68.